The number of furan rings is 1. The van der Waals surface area contributed by atoms with Crippen molar-refractivity contribution in [2.45, 2.75) is 0 Å². The third kappa shape index (κ3) is 4.35. The quantitative estimate of drug-likeness (QED) is 0.199. The second-order valence-corrected chi connectivity index (χ2v) is 11.7. The van der Waals surface area contributed by atoms with Crippen LogP contribution in [0, 0.1) is 0 Å². The molecule has 0 saturated carbocycles. The highest BCUT2D eigenvalue weighted by atomic mass is 16.3. The summed E-state index contributed by atoms with van der Waals surface area (Å²) in [6.07, 6.45) is 0. The molecule has 0 saturated heterocycles. The molecule has 0 radical (unpaired) electrons. The number of rotatable bonds is 5. The fraction of sp³-hybridized carbons (Fsp3) is 0. The molecule has 2 heteroatoms. The van der Waals surface area contributed by atoms with Crippen LogP contribution >= 0.6 is 0 Å². The van der Waals surface area contributed by atoms with E-state index in [0.29, 0.717) is 0 Å². The molecular formula is C44H29NO. The molecule has 0 bridgehead atoms. The van der Waals surface area contributed by atoms with Crippen molar-refractivity contribution in [2.75, 3.05) is 4.90 Å². The van der Waals surface area contributed by atoms with E-state index in [0.717, 1.165) is 39.0 Å². The van der Waals surface area contributed by atoms with Gasteiger partial charge in [-0.15, -0.1) is 0 Å². The lowest BCUT2D eigenvalue weighted by atomic mass is 9.92. The lowest BCUT2D eigenvalue weighted by molar-refractivity contribution is 0.669. The van der Waals surface area contributed by atoms with E-state index >= 15 is 0 Å². The van der Waals surface area contributed by atoms with E-state index in [9.17, 15) is 0 Å². The molecule has 2 nitrogen and oxygen atoms in total. The highest BCUT2D eigenvalue weighted by Crippen LogP contribution is 2.43. The van der Waals surface area contributed by atoms with Crippen molar-refractivity contribution in [3.8, 4) is 22.3 Å². The van der Waals surface area contributed by atoms with Gasteiger partial charge in [0.1, 0.15) is 11.2 Å². The third-order valence-electron chi connectivity index (χ3n) is 9.04. The minimum Gasteiger partial charge on any atom is -0.456 e. The van der Waals surface area contributed by atoms with Gasteiger partial charge in [0, 0.05) is 27.5 Å². The molecule has 0 aliphatic rings. The zero-order valence-corrected chi connectivity index (χ0v) is 25.1. The SMILES string of the molecule is c1ccc(-c2cc3oc4ccccc4c3c3cc(-c4ccc(N(c5ccccc5)c5cccc6ccccc56)cc4)ccc23)cc1. The zero-order chi connectivity index (χ0) is 30.5. The molecule has 0 spiro atoms. The Bertz CT molecular complexity index is 2510. The lowest BCUT2D eigenvalue weighted by Gasteiger charge is -2.27. The van der Waals surface area contributed by atoms with Crippen LogP contribution in [0.1, 0.15) is 0 Å². The van der Waals surface area contributed by atoms with E-state index in [-0.39, 0.29) is 0 Å². The van der Waals surface area contributed by atoms with E-state index < -0.39 is 0 Å². The molecule has 8 aromatic carbocycles. The predicted octanol–water partition coefficient (Wildman–Crippen LogP) is 12.7. The van der Waals surface area contributed by atoms with Gasteiger partial charge >= 0.3 is 0 Å². The van der Waals surface area contributed by atoms with Crippen LogP contribution in [0.2, 0.25) is 0 Å². The predicted molar refractivity (Wildman–Crippen MR) is 194 cm³/mol. The molecule has 1 heterocycles. The zero-order valence-electron chi connectivity index (χ0n) is 25.1. The van der Waals surface area contributed by atoms with Crippen LogP contribution in [0.4, 0.5) is 17.1 Å². The average molecular weight is 588 g/mol. The van der Waals surface area contributed by atoms with Crippen molar-refractivity contribution in [3.63, 3.8) is 0 Å². The molecule has 9 rings (SSSR count). The second-order valence-electron chi connectivity index (χ2n) is 11.7. The molecular weight excluding hydrogens is 558 g/mol. The van der Waals surface area contributed by atoms with Gasteiger partial charge in [0.15, 0.2) is 0 Å². The van der Waals surface area contributed by atoms with E-state index in [4.69, 9.17) is 4.42 Å². The van der Waals surface area contributed by atoms with Crippen LogP contribution in [0.5, 0.6) is 0 Å². The van der Waals surface area contributed by atoms with Crippen molar-refractivity contribution in [2.24, 2.45) is 0 Å². The molecule has 216 valence electrons. The van der Waals surface area contributed by atoms with Gasteiger partial charge in [-0.2, -0.15) is 0 Å². The summed E-state index contributed by atoms with van der Waals surface area (Å²) in [6, 6.07) is 62.6. The maximum Gasteiger partial charge on any atom is 0.136 e. The number of nitrogens with zero attached hydrogens (tertiary/aromatic N) is 1. The van der Waals surface area contributed by atoms with Crippen LogP contribution in [-0.2, 0) is 0 Å². The van der Waals surface area contributed by atoms with Crippen LogP contribution in [0.25, 0.3) is 65.7 Å². The van der Waals surface area contributed by atoms with Crippen molar-refractivity contribution in [1.29, 1.82) is 0 Å². The van der Waals surface area contributed by atoms with Gasteiger partial charge in [-0.3, -0.25) is 0 Å². The number of hydrogen-bond acceptors (Lipinski definition) is 2. The van der Waals surface area contributed by atoms with Gasteiger partial charge in [0.2, 0.25) is 0 Å². The topological polar surface area (TPSA) is 16.4 Å². The average Bonchev–Trinajstić information content (AvgIpc) is 3.51. The first-order valence-electron chi connectivity index (χ1n) is 15.7. The van der Waals surface area contributed by atoms with E-state index in [2.05, 4.69) is 175 Å². The van der Waals surface area contributed by atoms with Crippen molar-refractivity contribution in [3.05, 3.63) is 176 Å². The molecule has 0 unspecified atom stereocenters. The van der Waals surface area contributed by atoms with Crippen LogP contribution in [0.15, 0.2) is 180 Å². The Morgan fingerprint density at radius 3 is 1.85 bits per heavy atom. The molecule has 0 amide bonds. The third-order valence-corrected chi connectivity index (χ3v) is 9.04. The van der Waals surface area contributed by atoms with E-state index in [1.807, 2.05) is 6.07 Å². The first-order valence-corrected chi connectivity index (χ1v) is 15.7. The van der Waals surface area contributed by atoms with Gasteiger partial charge in [0.05, 0.1) is 5.69 Å². The van der Waals surface area contributed by atoms with Gasteiger partial charge in [0.25, 0.3) is 0 Å². The maximum absolute atomic E-state index is 6.42. The maximum atomic E-state index is 6.42. The Kier molecular flexibility index (Phi) is 6.17. The first-order chi connectivity index (χ1) is 22.8. The molecule has 0 aliphatic carbocycles. The molecule has 0 atom stereocenters. The highest BCUT2D eigenvalue weighted by Gasteiger charge is 2.17. The van der Waals surface area contributed by atoms with Gasteiger partial charge in [-0.1, -0.05) is 127 Å². The summed E-state index contributed by atoms with van der Waals surface area (Å²) in [5, 5.41) is 7.17. The summed E-state index contributed by atoms with van der Waals surface area (Å²) in [5.41, 5.74) is 9.92. The number of benzene rings is 8. The standard InChI is InChI=1S/C44H29NO/c1-3-12-32(13-4-1)39-29-43-44(38-19-9-10-21-42(38)46-43)40-28-33(24-27-37(39)40)30-22-25-35(26-23-30)45(34-16-5-2-6-17-34)41-20-11-15-31-14-7-8-18-36(31)41/h1-29H. The second kappa shape index (κ2) is 10.8. The summed E-state index contributed by atoms with van der Waals surface area (Å²) >= 11 is 0. The van der Waals surface area contributed by atoms with E-state index in [1.165, 1.54) is 43.8 Å². The van der Waals surface area contributed by atoms with Crippen LogP contribution < -0.4 is 4.90 Å². The minimum absolute atomic E-state index is 0.910. The number of anilines is 3. The molecule has 0 fully saturated rings. The monoisotopic (exact) mass is 587 g/mol. The number of para-hydroxylation sites is 2. The van der Waals surface area contributed by atoms with Crippen LogP contribution in [-0.4, -0.2) is 0 Å². The Morgan fingerprint density at radius 1 is 0.370 bits per heavy atom. The summed E-state index contributed by atoms with van der Waals surface area (Å²) in [4.78, 5) is 2.35. The molecule has 0 aliphatic heterocycles. The normalized spacial score (nSPS) is 11.5. The Labute approximate surface area is 267 Å². The smallest absolute Gasteiger partial charge is 0.136 e. The number of hydrogen-bond donors (Lipinski definition) is 0. The van der Waals surface area contributed by atoms with Gasteiger partial charge in [-0.05, 0) is 86.9 Å². The highest BCUT2D eigenvalue weighted by molar-refractivity contribution is 6.22. The summed E-state index contributed by atoms with van der Waals surface area (Å²) < 4.78 is 6.42. The molecule has 9 aromatic rings. The van der Waals surface area contributed by atoms with E-state index in [1.54, 1.807) is 0 Å². The largest absolute Gasteiger partial charge is 0.456 e. The Balaban J connectivity index is 1.20. The Morgan fingerprint density at radius 2 is 1.02 bits per heavy atom. The van der Waals surface area contributed by atoms with Crippen molar-refractivity contribution in [1.82, 2.24) is 0 Å². The van der Waals surface area contributed by atoms with Gasteiger partial charge < -0.3 is 9.32 Å². The first kappa shape index (κ1) is 26.3. The molecule has 46 heavy (non-hydrogen) atoms. The van der Waals surface area contributed by atoms with Gasteiger partial charge in [-0.25, -0.2) is 0 Å². The molecule has 0 N–H and O–H groups in total. The van der Waals surface area contributed by atoms with Crippen molar-refractivity contribution >= 4 is 60.5 Å². The molecule has 1 aromatic heterocycles. The summed E-state index contributed by atoms with van der Waals surface area (Å²) in [5.74, 6) is 0. The summed E-state index contributed by atoms with van der Waals surface area (Å²) in [6.45, 7) is 0. The fourth-order valence-electron chi connectivity index (χ4n) is 6.89. The summed E-state index contributed by atoms with van der Waals surface area (Å²) in [7, 11) is 0. The van der Waals surface area contributed by atoms with Crippen molar-refractivity contribution < 1.29 is 4.42 Å². The lowest BCUT2D eigenvalue weighted by Crippen LogP contribution is -2.10. The minimum atomic E-state index is 0.910. The number of fused-ring (bicyclic) bond motifs is 6. The Hall–Kier alpha value is -6.12. The van der Waals surface area contributed by atoms with Crippen LogP contribution in [0.3, 0.4) is 0 Å². The fourth-order valence-corrected chi connectivity index (χ4v) is 6.89.